The van der Waals surface area contributed by atoms with Gasteiger partial charge in [0.1, 0.15) is 0 Å². The summed E-state index contributed by atoms with van der Waals surface area (Å²) in [6.45, 7) is 5.05. The molecule has 0 saturated heterocycles. The molecule has 26 heavy (non-hydrogen) atoms. The SMILES string of the molecule is CCCCCCc1nc(I)sc1-c1ccc(NC(=O)NCCCC)cc1. The molecule has 1 aromatic carbocycles. The minimum absolute atomic E-state index is 0.143. The summed E-state index contributed by atoms with van der Waals surface area (Å²) in [6, 6.07) is 7.92. The number of nitrogens with zero attached hydrogens (tertiary/aromatic N) is 1. The van der Waals surface area contributed by atoms with Crippen molar-refractivity contribution in [1.29, 1.82) is 0 Å². The lowest BCUT2D eigenvalue weighted by Crippen LogP contribution is -2.29. The first-order valence-corrected chi connectivity index (χ1v) is 11.3. The zero-order chi connectivity index (χ0) is 18.8. The summed E-state index contributed by atoms with van der Waals surface area (Å²) in [5.74, 6) is 0. The number of aromatic nitrogens is 1. The summed E-state index contributed by atoms with van der Waals surface area (Å²) in [5, 5.41) is 5.75. The number of urea groups is 1. The third-order valence-corrected chi connectivity index (χ3v) is 6.00. The van der Waals surface area contributed by atoms with Crippen molar-refractivity contribution in [2.75, 3.05) is 11.9 Å². The minimum atomic E-state index is -0.143. The summed E-state index contributed by atoms with van der Waals surface area (Å²) < 4.78 is 1.08. The van der Waals surface area contributed by atoms with Crippen LogP contribution in [0.1, 0.15) is 58.1 Å². The second-order valence-corrected chi connectivity index (χ2v) is 9.12. The summed E-state index contributed by atoms with van der Waals surface area (Å²) in [5.41, 5.74) is 3.19. The van der Waals surface area contributed by atoms with E-state index < -0.39 is 0 Å². The Bertz CT molecular complexity index is 685. The number of rotatable bonds is 10. The van der Waals surface area contributed by atoms with Crippen molar-refractivity contribution in [3.8, 4) is 10.4 Å². The second kappa shape index (κ2) is 11.5. The van der Waals surface area contributed by atoms with Gasteiger partial charge in [0.25, 0.3) is 0 Å². The van der Waals surface area contributed by atoms with Gasteiger partial charge in [-0.3, -0.25) is 0 Å². The fraction of sp³-hybridized carbons (Fsp3) is 0.500. The third kappa shape index (κ3) is 6.87. The minimum Gasteiger partial charge on any atom is -0.338 e. The molecule has 0 aliphatic carbocycles. The highest BCUT2D eigenvalue weighted by atomic mass is 127. The number of hydrogen-bond donors (Lipinski definition) is 2. The lowest BCUT2D eigenvalue weighted by Gasteiger charge is -2.08. The van der Waals surface area contributed by atoms with Crippen LogP contribution in [0.3, 0.4) is 0 Å². The van der Waals surface area contributed by atoms with Gasteiger partial charge < -0.3 is 10.6 Å². The molecule has 1 aromatic heterocycles. The number of amides is 2. The van der Waals surface area contributed by atoms with Crippen LogP contribution in [0.5, 0.6) is 0 Å². The average Bonchev–Trinajstić information content (AvgIpc) is 3.00. The molecule has 2 aromatic rings. The number of carbonyl (C=O) groups is 1. The van der Waals surface area contributed by atoms with Gasteiger partial charge in [-0.25, -0.2) is 9.78 Å². The molecule has 4 nitrogen and oxygen atoms in total. The maximum atomic E-state index is 11.8. The number of aryl methyl sites for hydroxylation is 1. The van der Waals surface area contributed by atoms with E-state index in [-0.39, 0.29) is 6.03 Å². The average molecular weight is 485 g/mol. The summed E-state index contributed by atoms with van der Waals surface area (Å²) in [4.78, 5) is 17.8. The zero-order valence-electron chi connectivity index (χ0n) is 15.6. The van der Waals surface area contributed by atoms with Crippen LogP contribution in [0.4, 0.5) is 10.5 Å². The molecule has 0 unspecified atom stereocenters. The number of unbranched alkanes of at least 4 members (excludes halogenated alkanes) is 4. The molecule has 2 N–H and O–H groups in total. The van der Waals surface area contributed by atoms with Crippen LogP contribution in [0, 0.1) is 3.01 Å². The predicted molar refractivity (Wildman–Crippen MR) is 120 cm³/mol. The molecule has 0 spiro atoms. The number of carbonyl (C=O) groups excluding carboxylic acids is 1. The van der Waals surface area contributed by atoms with Gasteiger partial charge in [0, 0.05) is 12.2 Å². The second-order valence-electron chi connectivity index (χ2n) is 6.37. The highest BCUT2D eigenvalue weighted by molar-refractivity contribution is 14.1. The number of hydrogen-bond acceptors (Lipinski definition) is 3. The Hall–Kier alpha value is -1.15. The van der Waals surface area contributed by atoms with Crippen LogP contribution >= 0.6 is 33.9 Å². The molecular weight excluding hydrogens is 457 g/mol. The number of nitrogens with one attached hydrogen (secondary N) is 2. The van der Waals surface area contributed by atoms with Crippen molar-refractivity contribution in [2.45, 2.75) is 58.8 Å². The number of halogens is 1. The van der Waals surface area contributed by atoms with E-state index in [0.29, 0.717) is 6.54 Å². The van der Waals surface area contributed by atoms with E-state index in [1.54, 1.807) is 11.3 Å². The summed E-state index contributed by atoms with van der Waals surface area (Å²) >= 11 is 4.04. The highest BCUT2D eigenvalue weighted by Crippen LogP contribution is 2.33. The van der Waals surface area contributed by atoms with E-state index in [0.717, 1.165) is 28.0 Å². The number of anilines is 1. The van der Waals surface area contributed by atoms with E-state index in [1.165, 1.54) is 41.8 Å². The van der Waals surface area contributed by atoms with Crippen molar-refractivity contribution in [1.82, 2.24) is 10.3 Å². The van der Waals surface area contributed by atoms with Crippen LogP contribution in [0.15, 0.2) is 24.3 Å². The molecule has 0 radical (unpaired) electrons. The Labute approximate surface area is 174 Å². The van der Waals surface area contributed by atoms with E-state index in [9.17, 15) is 4.79 Å². The van der Waals surface area contributed by atoms with Gasteiger partial charge in [-0.05, 0) is 59.5 Å². The normalized spacial score (nSPS) is 10.7. The lowest BCUT2D eigenvalue weighted by atomic mass is 10.1. The van der Waals surface area contributed by atoms with Crippen LogP contribution < -0.4 is 10.6 Å². The highest BCUT2D eigenvalue weighted by Gasteiger charge is 2.12. The molecule has 6 heteroatoms. The Morgan fingerprint density at radius 1 is 1.08 bits per heavy atom. The molecule has 1 heterocycles. The molecule has 142 valence electrons. The number of thiazole rings is 1. The molecule has 0 bridgehead atoms. The van der Waals surface area contributed by atoms with E-state index in [2.05, 4.69) is 59.2 Å². The third-order valence-electron chi connectivity index (χ3n) is 4.16. The van der Waals surface area contributed by atoms with Crippen LogP contribution in [-0.4, -0.2) is 17.6 Å². The quantitative estimate of drug-likeness (QED) is 0.300. The van der Waals surface area contributed by atoms with Crippen molar-refractivity contribution >= 4 is 45.6 Å². The molecule has 0 aliphatic rings. The van der Waals surface area contributed by atoms with Crippen LogP contribution in [0.2, 0.25) is 0 Å². The standard InChI is InChI=1S/C20H28IN3OS/c1-3-5-7-8-9-17-18(26-19(21)24-17)15-10-12-16(13-11-15)23-20(25)22-14-6-4-2/h10-13H,3-9,14H2,1-2H3,(H2,22,23,25). The Morgan fingerprint density at radius 3 is 2.50 bits per heavy atom. The molecule has 2 amide bonds. The van der Waals surface area contributed by atoms with E-state index in [4.69, 9.17) is 4.98 Å². The van der Waals surface area contributed by atoms with Crippen molar-refractivity contribution in [2.24, 2.45) is 0 Å². The van der Waals surface area contributed by atoms with Gasteiger partial charge >= 0.3 is 6.03 Å². The number of benzene rings is 1. The van der Waals surface area contributed by atoms with Gasteiger partial charge in [-0.15, -0.1) is 11.3 Å². The summed E-state index contributed by atoms with van der Waals surface area (Å²) in [7, 11) is 0. The largest absolute Gasteiger partial charge is 0.338 e. The fourth-order valence-electron chi connectivity index (χ4n) is 2.70. The van der Waals surface area contributed by atoms with Gasteiger partial charge in [-0.2, -0.15) is 0 Å². The Balaban J connectivity index is 1.98. The zero-order valence-corrected chi connectivity index (χ0v) is 18.6. The maximum absolute atomic E-state index is 11.8. The molecular formula is C20H28IN3OS. The lowest BCUT2D eigenvalue weighted by molar-refractivity contribution is 0.252. The summed E-state index contributed by atoms with van der Waals surface area (Å²) in [6.07, 6.45) is 8.10. The van der Waals surface area contributed by atoms with E-state index in [1.807, 2.05) is 12.1 Å². The molecule has 0 atom stereocenters. The first-order valence-electron chi connectivity index (χ1n) is 9.44. The molecule has 0 saturated carbocycles. The maximum Gasteiger partial charge on any atom is 0.319 e. The monoisotopic (exact) mass is 485 g/mol. The molecule has 0 fully saturated rings. The topological polar surface area (TPSA) is 54.0 Å². The van der Waals surface area contributed by atoms with Gasteiger partial charge in [0.2, 0.25) is 0 Å². The van der Waals surface area contributed by atoms with Gasteiger partial charge in [0.05, 0.1) is 10.6 Å². The van der Waals surface area contributed by atoms with Crippen LogP contribution in [0.25, 0.3) is 10.4 Å². The first-order chi connectivity index (χ1) is 12.6. The van der Waals surface area contributed by atoms with E-state index >= 15 is 0 Å². The molecule has 2 rings (SSSR count). The Kier molecular flexibility index (Phi) is 9.39. The van der Waals surface area contributed by atoms with Crippen molar-refractivity contribution in [3.63, 3.8) is 0 Å². The smallest absolute Gasteiger partial charge is 0.319 e. The van der Waals surface area contributed by atoms with Crippen LogP contribution in [-0.2, 0) is 6.42 Å². The van der Waals surface area contributed by atoms with Gasteiger partial charge in [0.15, 0.2) is 3.01 Å². The van der Waals surface area contributed by atoms with Crippen molar-refractivity contribution < 1.29 is 4.79 Å². The fourth-order valence-corrected chi connectivity index (χ4v) is 4.49. The van der Waals surface area contributed by atoms with Crippen molar-refractivity contribution in [3.05, 3.63) is 33.0 Å². The first kappa shape index (κ1) is 21.2. The molecule has 0 aliphatic heterocycles. The Morgan fingerprint density at radius 2 is 1.81 bits per heavy atom. The predicted octanol–water partition coefficient (Wildman–Crippen LogP) is 6.46. The van der Waals surface area contributed by atoms with Gasteiger partial charge in [-0.1, -0.05) is 51.7 Å².